The molecule has 0 heterocycles. The molecule has 1 rings (SSSR count). The van der Waals surface area contributed by atoms with Crippen molar-refractivity contribution in [1.82, 2.24) is 0 Å². The first-order chi connectivity index (χ1) is 5.46. The van der Waals surface area contributed by atoms with Crippen LogP contribution >= 0.6 is 45.2 Å². The van der Waals surface area contributed by atoms with Gasteiger partial charge in [0.1, 0.15) is 0 Å². The Kier molecular flexibility index (Phi) is 3.42. The van der Waals surface area contributed by atoms with Crippen molar-refractivity contribution in [1.29, 1.82) is 0 Å². The zero-order valence-electron chi connectivity index (χ0n) is 7.76. The predicted octanol–water partition coefficient (Wildman–Crippen LogP) is 4.13. The number of hydrogen-bond donors (Lipinski definition) is 0. The van der Waals surface area contributed by atoms with Gasteiger partial charge in [0.25, 0.3) is 0 Å². The molecule has 0 aliphatic heterocycles. The second-order valence-corrected chi connectivity index (χ2v) is 5.29. The van der Waals surface area contributed by atoms with Crippen LogP contribution in [0, 0.1) is 34.8 Å². The summed E-state index contributed by atoms with van der Waals surface area (Å²) in [6.07, 6.45) is 0. The SMILES string of the molecule is Cc1c(C)c(I)c(C)c(I)c1C. The first kappa shape index (κ1) is 10.8. The van der Waals surface area contributed by atoms with Crippen LogP contribution in [0.5, 0.6) is 0 Å². The molecule has 1 aromatic rings. The zero-order chi connectivity index (χ0) is 9.46. The molecular weight excluding hydrogens is 374 g/mol. The molecule has 0 unspecified atom stereocenters. The van der Waals surface area contributed by atoms with E-state index in [0.717, 1.165) is 0 Å². The molecule has 0 aromatic heterocycles. The van der Waals surface area contributed by atoms with Crippen molar-refractivity contribution in [3.8, 4) is 0 Å². The van der Waals surface area contributed by atoms with Crippen molar-refractivity contribution in [2.24, 2.45) is 0 Å². The van der Waals surface area contributed by atoms with Gasteiger partial charge in [0.15, 0.2) is 0 Å². The minimum absolute atomic E-state index is 1.42. The molecule has 0 atom stereocenters. The molecule has 2 heteroatoms. The molecule has 0 saturated carbocycles. The Balaban J connectivity index is 3.60. The Morgan fingerprint density at radius 1 is 0.583 bits per heavy atom. The lowest BCUT2D eigenvalue weighted by atomic mass is 10.0. The van der Waals surface area contributed by atoms with Crippen LogP contribution in [0.1, 0.15) is 22.3 Å². The smallest absolute Gasteiger partial charge is 0.0202 e. The van der Waals surface area contributed by atoms with Gasteiger partial charge in [0, 0.05) is 7.14 Å². The average molecular weight is 386 g/mol. The minimum Gasteiger partial charge on any atom is -0.0437 e. The zero-order valence-corrected chi connectivity index (χ0v) is 12.1. The molecule has 0 saturated heterocycles. The van der Waals surface area contributed by atoms with Gasteiger partial charge in [-0.15, -0.1) is 0 Å². The lowest BCUT2D eigenvalue weighted by molar-refractivity contribution is 1.19. The highest BCUT2D eigenvalue weighted by atomic mass is 127. The highest BCUT2D eigenvalue weighted by Crippen LogP contribution is 2.28. The van der Waals surface area contributed by atoms with Crippen molar-refractivity contribution < 1.29 is 0 Å². The van der Waals surface area contributed by atoms with Crippen LogP contribution in [-0.2, 0) is 0 Å². The van der Waals surface area contributed by atoms with Crippen molar-refractivity contribution in [2.45, 2.75) is 27.7 Å². The molecule has 0 N–H and O–H groups in total. The molecule has 0 radical (unpaired) electrons. The second kappa shape index (κ2) is 3.82. The summed E-state index contributed by atoms with van der Waals surface area (Å²) in [4.78, 5) is 0. The fraction of sp³-hybridized carbons (Fsp3) is 0.400. The number of halogens is 2. The van der Waals surface area contributed by atoms with E-state index in [-0.39, 0.29) is 0 Å². The first-order valence-electron chi connectivity index (χ1n) is 3.88. The van der Waals surface area contributed by atoms with Crippen LogP contribution in [0.2, 0.25) is 0 Å². The number of rotatable bonds is 0. The topological polar surface area (TPSA) is 0 Å². The molecule has 0 amide bonds. The van der Waals surface area contributed by atoms with E-state index in [1.807, 2.05) is 0 Å². The maximum atomic E-state index is 2.43. The summed E-state index contributed by atoms with van der Waals surface area (Å²) in [5, 5.41) is 0. The summed E-state index contributed by atoms with van der Waals surface area (Å²) < 4.78 is 2.83. The molecule has 0 spiro atoms. The monoisotopic (exact) mass is 386 g/mol. The summed E-state index contributed by atoms with van der Waals surface area (Å²) in [5.74, 6) is 0. The van der Waals surface area contributed by atoms with Crippen molar-refractivity contribution in [3.05, 3.63) is 29.4 Å². The lowest BCUT2D eigenvalue weighted by Crippen LogP contribution is -1.98. The maximum absolute atomic E-state index is 2.43. The van der Waals surface area contributed by atoms with Crippen molar-refractivity contribution in [3.63, 3.8) is 0 Å². The van der Waals surface area contributed by atoms with Crippen LogP contribution < -0.4 is 0 Å². The summed E-state index contributed by atoms with van der Waals surface area (Å²) >= 11 is 4.86. The highest BCUT2D eigenvalue weighted by Gasteiger charge is 2.09. The Labute approximate surface area is 101 Å². The molecule has 0 fully saturated rings. The molecule has 0 aliphatic rings. The Morgan fingerprint density at radius 3 is 1.25 bits per heavy atom. The highest BCUT2D eigenvalue weighted by molar-refractivity contribution is 14.1. The van der Waals surface area contributed by atoms with Gasteiger partial charge in [-0.2, -0.15) is 0 Å². The van der Waals surface area contributed by atoms with Crippen molar-refractivity contribution >= 4 is 45.2 Å². The first-order valence-corrected chi connectivity index (χ1v) is 6.04. The van der Waals surface area contributed by atoms with Crippen LogP contribution in [0.4, 0.5) is 0 Å². The predicted molar refractivity (Wildman–Crippen MR) is 70.8 cm³/mol. The van der Waals surface area contributed by atoms with E-state index in [0.29, 0.717) is 0 Å². The maximum Gasteiger partial charge on any atom is 0.0202 e. The van der Waals surface area contributed by atoms with E-state index in [9.17, 15) is 0 Å². The Morgan fingerprint density at radius 2 is 0.917 bits per heavy atom. The summed E-state index contributed by atoms with van der Waals surface area (Å²) in [6.45, 7) is 8.80. The van der Waals surface area contributed by atoms with Gasteiger partial charge in [-0.1, -0.05) is 0 Å². The van der Waals surface area contributed by atoms with Crippen LogP contribution in [0.15, 0.2) is 0 Å². The lowest BCUT2D eigenvalue weighted by Gasteiger charge is -2.13. The van der Waals surface area contributed by atoms with Gasteiger partial charge in [0.05, 0.1) is 0 Å². The molecule has 1 aromatic carbocycles. The van der Waals surface area contributed by atoms with E-state index in [1.54, 1.807) is 0 Å². The Hall–Kier alpha value is 0.680. The second-order valence-electron chi connectivity index (χ2n) is 3.13. The molecule has 66 valence electrons. The van der Waals surface area contributed by atoms with Gasteiger partial charge >= 0.3 is 0 Å². The summed E-state index contributed by atoms with van der Waals surface area (Å²) in [7, 11) is 0. The van der Waals surface area contributed by atoms with Crippen LogP contribution in [0.3, 0.4) is 0 Å². The fourth-order valence-corrected chi connectivity index (χ4v) is 3.13. The van der Waals surface area contributed by atoms with E-state index in [4.69, 9.17) is 0 Å². The van der Waals surface area contributed by atoms with Gasteiger partial charge in [-0.25, -0.2) is 0 Å². The van der Waals surface area contributed by atoms with Crippen LogP contribution in [-0.4, -0.2) is 0 Å². The average Bonchev–Trinajstić information content (AvgIpc) is 2.08. The normalized spacial score (nSPS) is 10.5. The molecular formula is C10H12I2. The minimum atomic E-state index is 1.42. The Bertz CT molecular complexity index is 222. The summed E-state index contributed by atoms with van der Waals surface area (Å²) in [5.41, 5.74) is 5.74. The third-order valence-electron chi connectivity index (χ3n) is 2.44. The fourth-order valence-electron chi connectivity index (χ4n) is 1.27. The quantitative estimate of drug-likeness (QED) is 0.589. The van der Waals surface area contributed by atoms with Crippen LogP contribution in [0.25, 0.3) is 0 Å². The molecule has 0 bridgehead atoms. The van der Waals surface area contributed by atoms with Gasteiger partial charge in [-0.05, 0) is 95.1 Å². The molecule has 0 aliphatic carbocycles. The molecule has 12 heavy (non-hydrogen) atoms. The number of benzene rings is 1. The number of hydrogen-bond acceptors (Lipinski definition) is 0. The summed E-state index contributed by atoms with van der Waals surface area (Å²) in [6, 6.07) is 0. The van der Waals surface area contributed by atoms with Gasteiger partial charge in [-0.3, -0.25) is 0 Å². The van der Waals surface area contributed by atoms with E-state index in [2.05, 4.69) is 72.9 Å². The third kappa shape index (κ3) is 1.64. The van der Waals surface area contributed by atoms with E-state index >= 15 is 0 Å². The third-order valence-corrected chi connectivity index (χ3v) is 5.68. The standard InChI is InChI=1S/C10H12I2/c1-5-6(2)9(11)8(4)10(12)7(5)3/h1-4H3. The van der Waals surface area contributed by atoms with Gasteiger partial charge < -0.3 is 0 Å². The largest absolute Gasteiger partial charge is 0.0437 e. The van der Waals surface area contributed by atoms with E-state index in [1.165, 1.54) is 29.4 Å². The van der Waals surface area contributed by atoms with E-state index < -0.39 is 0 Å². The van der Waals surface area contributed by atoms with Gasteiger partial charge in [0.2, 0.25) is 0 Å². The van der Waals surface area contributed by atoms with Crippen molar-refractivity contribution in [2.75, 3.05) is 0 Å². The molecule has 0 nitrogen and oxygen atoms in total.